The average Bonchev–Trinajstić information content (AvgIpc) is 1.78. The molecule has 5 nitrogen and oxygen atoms in total. The van der Waals surface area contributed by atoms with Crippen molar-refractivity contribution in [3.05, 3.63) is 0 Å². The molecule has 0 unspecified atom stereocenters. The first-order valence-electron chi connectivity index (χ1n) is 4.02. The van der Waals surface area contributed by atoms with Crippen molar-refractivity contribution in [2.45, 2.75) is 25.8 Å². The Morgan fingerprint density at radius 3 is 2.27 bits per heavy atom. The van der Waals surface area contributed by atoms with Crippen LogP contribution in [0.1, 0.15) is 20.3 Å². The Kier molecular flexibility index (Phi) is 8.61. The van der Waals surface area contributed by atoms with Gasteiger partial charge in [-0.2, -0.15) is 12.6 Å². The van der Waals surface area contributed by atoms with Crippen LogP contribution in [0.15, 0.2) is 0 Å². The van der Waals surface area contributed by atoms with Crippen LogP contribution in [0.3, 0.4) is 0 Å². The van der Waals surface area contributed by atoms with E-state index >= 15 is 0 Å². The van der Waals surface area contributed by atoms with Crippen LogP contribution in [0, 0.1) is 0 Å². The second-order valence-corrected chi connectivity index (χ2v) is 5.46. The second-order valence-electron chi connectivity index (χ2n) is 3.61. The normalized spacial score (nSPS) is 11.7. The van der Waals surface area contributed by atoms with Gasteiger partial charge in [-0.3, -0.25) is 4.79 Å². The van der Waals surface area contributed by atoms with Gasteiger partial charge in [0.25, 0.3) is 0 Å². The molecule has 0 rings (SSSR count). The van der Waals surface area contributed by atoms with E-state index in [0.717, 1.165) is 0 Å². The standard InChI is InChI=1S/C7H15NO4S2.Na/c1-7(2,5-14(10,11)12)8-6(9)3-4-13;/h13H,3-5H2,1-2H3,(H,8,9)(H,10,11,12);/q;+1/p-1. The summed E-state index contributed by atoms with van der Waals surface area (Å²) in [5, 5.41) is 2.45. The molecule has 0 bridgehead atoms. The fourth-order valence-electron chi connectivity index (χ4n) is 1.02. The first-order valence-corrected chi connectivity index (χ1v) is 6.23. The van der Waals surface area contributed by atoms with Gasteiger partial charge in [0.15, 0.2) is 0 Å². The SMILES string of the molecule is CC(C)(CS(=O)(=O)[O-])NC(=O)CCS.[Na+]. The van der Waals surface area contributed by atoms with E-state index in [0.29, 0.717) is 5.75 Å². The smallest absolute Gasteiger partial charge is 0.748 e. The topological polar surface area (TPSA) is 86.3 Å². The van der Waals surface area contributed by atoms with E-state index < -0.39 is 21.4 Å². The van der Waals surface area contributed by atoms with Gasteiger partial charge in [0.05, 0.1) is 15.9 Å². The van der Waals surface area contributed by atoms with E-state index in [-0.39, 0.29) is 41.9 Å². The predicted molar refractivity (Wildman–Crippen MR) is 55.3 cm³/mol. The predicted octanol–water partition coefficient (Wildman–Crippen LogP) is -3.25. The fraction of sp³-hybridized carbons (Fsp3) is 0.857. The summed E-state index contributed by atoms with van der Waals surface area (Å²) in [4.78, 5) is 11.1. The van der Waals surface area contributed by atoms with Crippen LogP contribution >= 0.6 is 12.6 Å². The molecule has 1 amide bonds. The third kappa shape index (κ3) is 11.0. The quantitative estimate of drug-likeness (QED) is 0.310. The molecule has 0 aromatic carbocycles. The maximum absolute atomic E-state index is 11.1. The van der Waals surface area contributed by atoms with Crippen LogP contribution in [0.4, 0.5) is 0 Å². The van der Waals surface area contributed by atoms with Gasteiger partial charge in [-0.05, 0) is 19.6 Å². The summed E-state index contributed by atoms with van der Waals surface area (Å²) in [6.45, 7) is 2.97. The van der Waals surface area contributed by atoms with E-state index in [9.17, 15) is 17.8 Å². The molecule has 0 aliphatic rings. The monoisotopic (exact) mass is 263 g/mol. The van der Waals surface area contributed by atoms with Gasteiger partial charge in [-0.1, -0.05) is 0 Å². The molecule has 0 aliphatic carbocycles. The Balaban J connectivity index is 0. The molecular weight excluding hydrogens is 249 g/mol. The molecular formula is C7H14NNaO4S2. The summed E-state index contributed by atoms with van der Waals surface area (Å²) in [5.74, 6) is -0.543. The average molecular weight is 263 g/mol. The van der Waals surface area contributed by atoms with Crippen molar-refractivity contribution in [2.24, 2.45) is 0 Å². The third-order valence-electron chi connectivity index (χ3n) is 1.35. The van der Waals surface area contributed by atoms with Crippen LogP contribution in [0.5, 0.6) is 0 Å². The van der Waals surface area contributed by atoms with Crippen molar-refractivity contribution in [3.8, 4) is 0 Å². The van der Waals surface area contributed by atoms with Crippen molar-refractivity contribution >= 4 is 28.7 Å². The van der Waals surface area contributed by atoms with E-state index in [4.69, 9.17) is 0 Å². The molecule has 0 aromatic rings. The summed E-state index contributed by atoms with van der Waals surface area (Å²) in [6.07, 6.45) is 0.200. The molecule has 0 heterocycles. The summed E-state index contributed by atoms with van der Waals surface area (Å²) in [7, 11) is -4.33. The Morgan fingerprint density at radius 2 is 1.93 bits per heavy atom. The number of hydrogen-bond donors (Lipinski definition) is 2. The second kappa shape index (κ2) is 7.13. The minimum absolute atomic E-state index is 0. The maximum atomic E-state index is 11.1. The van der Waals surface area contributed by atoms with Gasteiger partial charge in [-0.25, -0.2) is 8.42 Å². The molecule has 0 aromatic heterocycles. The van der Waals surface area contributed by atoms with Gasteiger partial charge in [0, 0.05) is 12.0 Å². The molecule has 0 saturated heterocycles. The van der Waals surface area contributed by atoms with E-state index in [1.165, 1.54) is 13.8 Å². The van der Waals surface area contributed by atoms with Gasteiger partial charge in [0.2, 0.25) is 5.91 Å². The Hall–Kier alpha value is 0.730. The molecule has 1 N–H and O–H groups in total. The van der Waals surface area contributed by atoms with Gasteiger partial charge in [0.1, 0.15) is 0 Å². The number of thiol groups is 1. The van der Waals surface area contributed by atoms with Crippen molar-refractivity contribution in [1.29, 1.82) is 0 Å². The third-order valence-corrected chi connectivity index (χ3v) is 2.65. The van der Waals surface area contributed by atoms with E-state index in [1.54, 1.807) is 0 Å². The number of rotatable bonds is 5. The van der Waals surface area contributed by atoms with Crippen LogP contribution in [0.25, 0.3) is 0 Å². The van der Waals surface area contributed by atoms with Crippen molar-refractivity contribution in [2.75, 3.05) is 11.5 Å². The minimum Gasteiger partial charge on any atom is -0.748 e. The number of hydrogen-bond acceptors (Lipinski definition) is 5. The van der Waals surface area contributed by atoms with Crippen molar-refractivity contribution in [3.63, 3.8) is 0 Å². The molecule has 0 fully saturated rings. The van der Waals surface area contributed by atoms with E-state index in [1.807, 2.05) is 0 Å². The number of carbonyl (C=O) groups is 1. The summed E-state index contributed by atoms with van der Waals surface area (Å²) < 4.78 is 31.4. The Bertz CT molecular complexity index is 302. The number of carbonyl (C=O) groups excluding carboxylic acids is 1. The number of amides is 1. The van der Waals surface area contributed by atoms with Crippen LogP contribution in [-0.2, 0) is 14.9 Å². The maximum Gasteiger partial charge on any atom is 1.00 e. The molecule has 0 spiro atoms. The zero-order valence-electron chi connectivity index (χ0n) is 9.11. The van der Waals surface area contributed by atoms with E-state index in [2.05, 4.69) is 17.9 Å². The fourth-order valence-corrected chi connectivity index (χ4v) is 2.18. The van der Waals surface area contributed by atoms with Crippen LogP contribution in [0.2, 0.25) is 0 Å². The first kappa shape index (κ1) is 18.1. The summed E-state index contributed by atoms with van der Waals surface area (Å²) in [6, 6.07) is 0. The summed E-state index contributed by atoms with van der Waals surface area (Å²) in [5.41, 5.74) is -1.03. The van der Waals surface area contributed by atoms with Gasteiger partial charge in [-0.15, -0.1) is 0 Å². The van der Waals surface area contributed by atoms with Crippen molar-refractivity contribution in [1.82, 2.24) is 5.32 Å². The minimum atomic E-state index is -4.33. The zero-order chi connectivity index (χ0) is 11.4. The van der Waals surface area contributed by atoms with Crippen LogP contribution in [-0.4, -0.2) is 35.9 Å². The largest absolute Gasteiger partial charge is 1.00 e. The first-order chi connectivity index (χ1) is 6.16. The zero-order valence-corrected chi connectivity index (χ0v) is 12.8. The Morgan fingerprint density at radius 1 is 1.47 bits per heavy atom. The molecule has 0 radical (unpaired) electrons. The molecule has 8 heteroatoms. The molecule has 0 atom stereocenters. The molecule has 84 valence electrons. The Labute approximate surface area is 118 Å². The molecule has 0 saturated carbocycles. The summed E-state index contributed by atoms with van der Waals surface area (Å²) >= 11 is 3.86. The van der Waals surface area contributed by atoms with Gasteiger partial charge < -0.3 is 9.87 Å². The molecule has 0 aliphatic heterocycles. The van der Waals surface area contributed by atoms with Gasteiger partial charge >= 0.3 is 29.6 Å². The number of nitrogens with one attached hydrogen (secondary N) is 1. The molecule has 15 heavy (non-hydrogen) atoms. The van der Waals surface area contributed by atoms with Crippen molar-refractivity contribution < 1.29 is 47.3 Å². The van der Waals surface area contributed by atoms with Crippen LogP contribution < -0.4 is 34.9 Å².